The van der Waals surface area contributed by atoms with Crippen molar-refractivity contribution >= 4 is 11.6 Å². The van der Waals surface area contributed by atoms with Crippen LogP contribution in [0.3, 0.4) is 0 Å². The van der Waals surface area contributed by atoms with Gasteiger partial charge in [-0.25, -0.2) is 0 Å². The van der Waals surface area contributed by atoms with Crippen LogP contribution in [-0.2, 0) is 0 Å². The van der Waals surface area contributed by atoms with Gasteiger partial charge in [0.05, 0.1) is 5.56 Å². The molecule has 2 aliphatic heterocycles. The molecule has 1 aromatic carbocycles. The summed E-state index contributed by atoms with van der Waals surface area (Å²) >= 11 is 0. The lowest BCUT2D eigenvalue weighted by Gasteiger charge is -2.24. The number of benzene rings is 1. The van der Waals surface area contributed by atoms with Gasteiger partial charge in [0.1, 0.15) is 0 Å². The van der Waals surface area contributed by atoms with Gasteiger partial charge in [-0.1, -0.05) is 11.6 Å². The second-order valence-corrected chi connectivity index (χ2v) is 6.68. The Labute approximate surface area is 133 Å². The molecule has 1 aromatic rings. The van der Waals surface area contributed by atoms with E-state index in [9.17, 15) is 4.79 Å². The molecular formula is C18H27N3O. The molecule has 2 heterocycles. The molecule has 2 aliphatic rings. The van der Waals surface area contributed by atoms with Gasteiger partial charge >= 0.3 is 0 Å². The molecule has 0 saturated carbocycles. The van der Waals surface area contributed by atoms with E-state index >= 15 is 0 Å². The fourth-order valence-electron chi connectivity index (χ4n) is 3.70. The number of hydrogen-bond acceptors (Lipinski definition) is 3. The lowest BCUT2D eigenvalue weighted by Crippen LogP contribution is -2.32. The van der Waals surface area contributed by atoms with Crippen LogP contribution in [0.4, 0.5) is 5.69 Å². The summed E-state index contributed by atoms with van der Waals surface area (Å²) in [6.07, 6.45) is 3.57. The lowest BCUT2D eigenvalue weighted by molar-refractivity contribution is 0.0787. The van der Waals surface area contributed by atoms with Crippen molar-refractivity contribution in [1.82, 2.24) is 10.2 Å². The summed E-state index contributed by atoms with van der Waals surface area (Å²) in [4.78, 5) is 17.4. The van der Waals surface area contributed by atoms with Gasteiger partial charge in [-0.2, -0.15) is 0 Å². The minimum atomic E-state index is 0.212. The first-order valence-electron chi connectivity index (χ1n) is 8.48. The number of likely N-dealkylation sites (tertiary alicyclic amines) is 1. The second-order valence-electron chi connectivity index (χ2n) is 6.68. The van der Waals surface area contributed by atoms with E-state index in [1.807, 2.05) is 11.9 Å². The zero-order valence-corrected chi connectivity index (χ0v) is 13.8. The Morgan fingerprint density at radius 1 is 1.27 bits per heavy atom. The predicted octanol–water partition coefficient (Wildman–Crippen LogP) is 2.28. The van der Waals surface area contributed by atoms with Gasteiger partial charge in [-0.3, -0.25) is 4.79 Å². The zero-order valence-electron chi connectivity index (χ0n) is 13.8. The third-order valence-corrected chi connectivity index (χ3v) is 4.90. The average Bonchev–Trinajstić information content (AvgIpc) is 3.18. The van der Waals surface area contributed by atoms with Crippen molar-refractivity contribution < 1.29 is 4.79 Å². The van der Waals surface area contributed by atoms with Crippen LogP contribution in [0.15, 0.2) is 18.2 Å². The van der Waals surface area contributed by atoms with Crippen LogP contribution in [0.1, 0.15) is 35.2 Å². The lowest BCUT2D eigenvalue weighted by atomic mass is 10.1. The van der Waals surface area contributed by atoms with Crippen LogP contribution in [0.5, 0.6) is 0 Å². The Kier molecular flexibility index (Phi) is 4.67. The van der Waals surface area contributed by atoms with Crippen LogP contribution in [0.2, 0.25) is 0 Å². The summed E-state index contributed by atoms with van der Waals surface area (Å²) in [5, 5.41) is 3.23. The zero-order chi connectivity index (χ0) is 15.5. The van der Waals surface area contributed by atoms with Gasteiger partial charge in [0.2, 0.25) is 0 Å². The molecule has 3 rings (SSSR count). The number of amides is 1. The largest absolute Gasteiger partial charge is 0.371 e. The smallest absolute Gasteiger partial charge is 0.255 e. The fraction of sp³-hybridized carbons (Fsp3) is 0.611. The molecule has 1 atom stereocenters. The van der Waals surface area contributed by atoms with Crippen molar-refractivity contribution in [1.29, 1.82) is 0 Å². The van der Waals surface area contributed by atoms with Gasteiger partial charge in [-0.15, -0.1) is 0 Å². The van der Waals surface area contributed by atoms with E-state index in [1.165, 1.54) is 12.8 Å². The molecule has 0 spiro atoms. The minimum absolute atomic E-state index is 0.212. The number of nitrogens with zero attached hydrogens (tertiary/aromatic N) is 2. The van der Waals surface area contributed by atoms with Gasteiger partial charge < -0.3 is 15.1 Å². The third-order valence-electron chi connectivity index (χ3n) is 4.90. The normalized spacial score (nSPS) is 21.6. The highest BCUT2D eigenvalue weighted by atomic mass is 16.2. The van der Waals surface area contributed by atoms with Crippen LogP contribution >= 0.6 is 0 Å². The number of rotatable bonds is 4. The first-order chi connectivity index (χ1) is 10.7. The quantitative estimate of drug-likeness (QED) is 0.927. The van der Waals surface area contributed by atoms with Gasteiger partial charge in [0.15, 0.2) is 0 Å². The molecule has 1 unspecified atom stereocenters. The Bertz CT molecular complexity index is 537. The van der Waals surface area contributed by atoms with Crippen molar-refractivity contribution in [3.63, 3.8) is 0 Å². The Hall–Kier alpha value is -1.55. The van der Waals surface area contributed by atoms with Crippen LogP contribution in [0.25, 0.3) is 0 Å². The summed E-state index contributed by atoms with van der Waals surface area (Å²) < 4.78 is 0. The maximum atomic E-state index is 13.0. The molecule has 4 nitrogen and oxygen atoms in total. The number of hydrogen-bond donors (Lipinski definition) is 1. The highest BCUT2D eigenvalue weighted by molar-refractivity contribution is 6.00. The summed E-state index contributed by atoms with van der Waals surface area (Å²) in [6, 6.07) is 6.33. The van der Waals surface area contributed by atoms with Crippen molar-refractivity contribution in [2.75, 3.05) is 44.7 Å². The van der Waals surface area contributed by atoms with Crippen molar-refractivity contribution in [2.24, 2.45) is 5.92 Å². The summed E-state index contributed by atoms with van der Waals surface area (Å²) in [5.41, 5.74) is 3.19. The molecule has 2 fully saturated rings. The van der Waals surface area contributed by atoms with E-state index in [4.69, 9.17) is 0 Å². The maximum absolute atomic E-state index is 13.0. The van der Waals surface area contributed by atoms with E-state index in [2.05, 4.69) is 35.3 Å². The first kappa shape index (κ1) is 15.3. The van der Waals surface area contributed by atoms with Gasteiger partial charge in [0, 0.05) is 31.9 Å². The Morgan fingerprint density at radius 3 is 2.77 bits per heavy atom. The van der Waals surface area contributed by atoms with Crippen molar-refractivity contribution in [3.8, 4) is 0 Å². The van der Waals surface area contributed by atoms with E-state index in [1.54, 1.807) is 0 Å². The number of nitrogens with one attached hydrogen (secondary N) is 1. The topological polar surface area (TPSA) is 35.6 Å². The van der Waals surface area contributed by atoms with Crippen LogP contribution in [0, 0.1) is 12.8 Å². The molecule has 0 bridgehead atoms. The SMILES string of the molecule is CNCC1CCN(C(=O)c2cc(C)ccc2N2CCCC2)C1. The summed E-state index contributed by atoms with van der Waals surface area (Å²) in [6.45, 7) is 6.98. The summed E-state index contributed by atoms with van der Waals surface area (Å²) in [5.74, 6) is 0.804. The number of aryl methyl sites for hydroxylation is 1. The van der Waals surface area contributed by atoms with E-state index < -0.39 is 0 Å². The molecule has 0 radical (unpaired) electrons. The molecule has 0 aliphatic carbocycles. The third kappa shape index (κ3) is 3.12. The molecule has 1 N–H and O–H groups in total. The predicted molar refractivity (Wildman–Crippen MR) is 90.6 cm³/mol. The Balaban J connectivity index is 1.81. The van der Waals surface area contributed by atoms with Gasteiger partial charge in [-0.05, 0) is 57.8 Å². The summed E-state index contributed by atoms with van der Waals surface area (Å²) in [7, 11) is 1.98. The monoisotopic (exact) mass is 301 g/mol. The minimum Gasteiger partial charge on any atom is -0.371 e. The maximum Gasteiger partial charge on any atom is 0.255 e. The van der Waals surface area contributed by atoms with Crippen molar-refractivity contribution in [3.05, 3.63) is 29.3 Å². The molecule has 1 amide bonds. The van der Waals surface area contributed by atoms with E-state index in [0.29, 0.717) is 5.92 Å². The Morgan fingerprint density at radius 2 is 2.05 bits per heavy atom. The molecule has 0 aromatic heterocycles. The molecular weight excluding hydrogens is 274 g/mol. The molecule has 2 saturated heterocycles. The number of carbonyl (C=O) groups excluding carboxylic acids is 1. The van der Waals surface area contributed by atoms with E-state index in [0.717, 1.165) is 56.0 Å². The van der Waals surface area contributed by atoms with E-state index in [-0.39, 0.29) is 5.91 Å². The highest BCUT2D eigenvalue weighted by Gasteiger charge is 2.29. The van der Waals surface area contributed by atoms with Crippen LogP contribution < -0.4 is 10.2 Å². The van der Waals surface area contributed by atoms with Gasteiger partial charge in [0.25, 0.3) is 5.91 Å². The average molecular weight is 301 g/mol. The molecule has 22 heavy (non-hydrogen) atoms. The van der Waals surface area contributed by atoms with Crippen molar-refractivity contribution in [2.45, 2.75) is 26.2 Å². The highest BCUT2D eigenvalue weighted by Crippen LogP contribution is 2.28. The molecule has 120 valence electrons. The van der Waals surface area contributed by atoms with Crippen LogP contribution in [-0.4, -0.2) is 50.6 Å². The first-order valence-corrected chi connectivity index (χ1v) is 8.48. The number of carbonyl (C=O) groups is 1. The second kappa shape index (κ2) is 6.69. The fourth-order valence-corrected chi connectivity index (χ4v) is 3.70. The number of anilines is 1. The standard InChI is InChI=1S/C18H27N3O/c1-14-5-6-17(20-8-3-4-9-20)16(11-14)18(22)21-10-7-15(13-21)12-19-2/h5-6,11,15,19H,3-4,7-10,12-13H2,1-2H3. The molecule has 4 heteroatoms.